The van der Waals surface area contributed by atoms with Crippen LogP contribution in [0.2, 0.25) is 0 Å². The highest BCUT2D eigenvalue weighted by molar-refractivity contribution is 7.22. The Kier molecular flexibility index (Phi) is 4.74. The maximum atomic E-state index is 13.7. The summed E-state index contributed by atoms with van der Waals surface area (Å²) >= 11 is 1.39. The largest absolute Gasteiger partial charge is 0.494 e. The molecule has 7 heteroatoms. The van der Waals surface area contributed by atoms with E-state index in [1.54, 1.807) is 11.0 Å². The Morgan fingerprint density at radius 3 is 2.68 bits per heavy atom. The molecule has 168 valence electrons. The van der Waals surface area contributed by atoms with Crippen LogP contribution in [0.1, 0.15) is 40.2 Å². The number of benzene rings is 3. The molecule has 0 radical (unpaired) electrons. The number of aryl methyl sites for hydroxylation is 1. The summed E-state index contributed by atoms with van der Waals surface area (Å²) in [5, 5.41) is 0.980. The van der Waals surface area contributed by atoms with Crippen molar-refractivity contribution in [3.8, 4) is 5.75 Å². The molecule has 0 N–H and O–H groups in total. The lowest BCUT2D eigenvalue weighted by atomic mass is 9.98. The van der Waals surface area contributed by atoms with Crippen molar-refractivity contribution >= 4 is 43.6 Å². The second kappa shape index (κ2) is 7.81. The van der Waals surface area contributed by atoms with Crippen molar-refractivity contribution in [1.82, 2.24) is 4.98 Å². The van der Waals surface area contributed by atoms with Crippen LogP contribution in [0.4, 0.5) is 5.13 Å². The van der Waals surface area contributed by atoms with Gasteiger partial charge in [-0.1, -0.05) is 53.3 Å². The fourth-order valence-electron chi connectivity index (χ4n) is 4.49. The van der Waals surface area contributed by atoms with E-state index in [2.05, 4.69) is 0 Å². The Labute approximate surface area is 199 Å². The predicted octanol–water partition coefficient (Wildman–Crippen LogP) is 5.86. The lowest BCUT2D eigenvalue weighted by Gasteiger charge is -2.22. The quantitative estimate of drug-likeness (QED) is 0.330. The van der Waals surface area contributed by atoms with Crippen LogP contribution in [0.25, 0.3) is 21.2 Å². The van der Waals surface area contributed by atoms with Crippen LogP contribution in [0, 0.1) is 6.92 Å². The first-order valence-corrected chi connectivity index (χ1v) is 11.9. The van der Waals surface area contributed by atoms with Gasteiger partial charge in [0.2, 0.25) is 5.76 Å². The van der Waals surface area contributed by atoms with E-state index < -0.39 is 6.04 Å². The number of amides is 1. The Morgan fingerprint density at radius 1 is 1.06 bits per heavy atom. The van der Waals surface area contributed by atoms with Crippen molar-refractivity contribution in [3.63, 3.8) is 0 Å². The van der Waals surface area contributed by atoms with Crippen molar-refractivity contribution in [3.05, 3.63) is 99.4 Å². The fraction of sp³-hybridized carbons (Fsp3) is 0.148. The Balaban J connectivity index is 1.59. The van der Waals surface area contributed by atoms with E-state index in [0.29, 0.717) is 28.3 Å². The number of nitrogens with zero attached hydrogens (tertiary/aromatic N) is 2. The fourth-order valence-corrected chi connectivity index (χ4v) is 5.51. The van der Waals surface area contributed by atoms with Crippen molar-refractivity contribution in [1.29, 1.82) is 0 Å². The number of fused-ring (bicyclic) bond motifs is 3. The van der Waals surface area contributed by atoms with E-state index in [-0.39, 0.29) is 17.1 Å². The molecule has 0 spiro atoms. The molecule has 6 rings (SSSR count). The highest BCUT2D eigenvalue weighted by Crippen LogP contribution is 2.44. The molecule has 0 unspecified atom stereocenters. The smallest absolute Gasteiger partial charge is 0.297 e. The van der Waals surface area contributed by atoms with Gasteiger partial charge in [-0.15, -0.1) is 0 Å². The Morgan fingerprint density at radius 2 is 1.88 bits per heavy atom. The average molecular weight is 469 g/mol. The number of hydrogen-bond acceptors (Lipinski definition) is 6. The molecule has 3 aromatic carbocycles. The van der Waals surface area contributed by atoms with Crippen LogP contribution in [0.15, 0.2) is 75.9 Å². The number of carbonyl (C=O) groups excluding carboxylic acids is 1. The normalized spacial score (nSPS) is 15.3. The van der Waals surface area contributed by atoms with Crippen LogP contribution >= 0.6 is 11.3 Å². The van der Waals surface area contributed by atoms with E-state index in [1.807, 2.05) is 74.5 Å². The number of anilines is 1. The summed E-state index contributed by atoms with van der Waals surface area (Å²) < 4.78 is 12.6. The summed E-state index contributed by atoms with van der Waals surface area (Å²) in [5.41, 5.74) is 3.10. The van der Waals surface area contributed by atoms with Gasteiger partial charge in [-0.25, -0.2) is 4.98 Å². The van der Waals surface area contributed by atoms with Crippen LogP contribution in [0.5, 0.6) is 5.75 Å². The number of aromatic nitrogens is 1. The van der Waals surface area contributed by atoms with Gasteiger partial charge in [0.1, 0.15) is 11.3 Å². The molecule has 34 heavy (non-hydrogen) atoms. The number of rotatable bonds is 4. The SMILES string of the molecule is CCOc1ccc2nc(N3C(=O)c4oc5ccc(C)cc5c(=O)c4[C@@H]3c3ccccc3)sc2c1. The molecule has 0 saturated carbocycles. The Hall–Kier alpha value is -3.97. The molecule has 1 aliphatic rings. The first-order chi connectivity index (χ1) is 16.5. The molecule has 0 saturated heterocycles. The molecule has 1 aliphatic heterocycles. The van der Waals surface area contributed by atoms with Gasteiger partial charge in [-0.05, 0) is 49.7 Å². The summed E-state index contributed by atoms with van der Waals surface area (Å²) in [7, 11) is 0. The van der Waals surface area contributed by atoms with Gasteiger partial charge in [0, 0.05) is 0 Å². The molecular formula is C27H20N2O4S. The van der Waals surface area contributed by atoms with E-state index in [4.69, 9.17) is 14.1 Å². The summed E-state index contributed by atoms with van der Waals surface area (Å²) in [6.45, 7) is 4.42. The highest BCUT2D eigenvalue weighted by atomic mass is 32.1. The van der Waals surface area contributed by atoms with Crippen LogP contribution in [-0.2, 0) is 0 Å². The van der Waals surface area contributed by atoms with Gasteiger partial charge in [-0.3, -0.25) is 14.5 Å². The zero-order valence-electron chi connectivity index (χ0n) is 18.6. The molecule has 0 aliphatic carbocycles. The highest BCUT2D eigenvalue weighted by Gasteiger charge is 2.45. The molecule has 5 aromatic rings. The third-order valence-corrected chi connectivity index (χ3v) is 7.02. The van der Waals surface area contributed by atoms with Crippen molar-refractivity contribution in [2.75, 3.05) is 11.5 Å². The van der Waals surface area contributed by atoms with E-state index in [0.717, 1.165) is 27.1 Å². The third-order valence-electron chi connectivity index (χ3n) is 6.01. The summed E-state index contributed by atoms with van der Waals surface area (Å²) in [5.74, 6) is 0.455. The van der Waals surface area contributed by atoms with Crippen molar-refractivity contribution in [2.24, 2.45) is 0 Å². The second-order valence-electron chi connectivity index (χ2n) is 8.22. The van der Waals surface area contributed by atoms with Gasteiger partial charge < -0.3 is 9.15 Å². The first-order valence-electron chi connectivity index (χ1n) is 11.0. The number of thiazole rings is 1. The zero-order chi connectivity index (χ0) is 23.4. The topological polar surface area (TPSA) is 72.6 Å². The maximum absolute atomic E-state index is 13.7. The lowest BCUT2D eigenvalue weighted by Crippen LogP contribution is -2.29. The van der Waals surface area contributed by atoms with Gasteiger partial charge in [0.25, 0.3) is 5.91 Å². The third kappa shape index (κ3) is 3.12. The minimum Gasteiger partial charge on any atom is -0.494 e. The van der Waals surface area contributed by atoms with Crippen molar-refractivity contribution in [2.45, 2.75) is 19.9 Å². The Bertz CT molecular complexity index is 1640. The molecule has 2 aromatic heterocycles. The number of carbonyl (C=O) groups is 1. The van der Waals surface area contributed by atoms with Gasteiger partial charge >= 0.3 is 0 Å². The molecule has 1 atom stereocenters. The monoisotopic (exact) mass is 468 g/mol. The number of hydrogen-bond donors (Lipinski definition) is 0. The minimum absolute atomic E-state index is 0.0736. The predicted molar refractivity (Wildman–Crippen MR) is 133 cm³/mol. The van der Waals surface area contributed by atoms with Crippen LogP contribution < -0.4 is 15.1 Å². The van der Waals surface area contributed by atoms with E-state index in [9.17, 15) is 9.59 Å². The van der Waals surface area contributed by atoms with Gasteiger partial charge in [0.15, 0.2) is 10.6 Å². The zero-order valence-corrected chi connectivity index (χ0v) is 19.4. The van der Waals surface area contributed by atoms with E-state index in [1.165, 1.54) is 11.3 Å². The molecule has 6 nitrogen and oxygen atoms in total. The summed E-state index contributed by atoms with van der Waals surface area (Å²) in [6.07, 6.45) is 0. The second-order valence-corrected chi connectivity index (χ2v) is 9.23. The summed E-state index contributed by atoms with van der Waals surface area (Å²) in [6, 6.07) is 20.0. The van der Waals surface area contributed by atoms with Gasteiger partial charge in [-0.2, -0.15) is 0 Å². The first kappa shape index (κ1) is 20.6. The average Bonchev–Trinajstić information content (AvgIpc) is 3.39. The van der Waals surface area contributed by atoms with Crippen LogP contribution in [-0.4, -0.2) is 17.5 Å². The number of ether oxygens (including phenoxy) is 1. The van der Waals surface area contributed by atoms with Crippen LogP contribution in [0.3, 0.4) is 0 Å². The minimum atomic E-state index is -0.628. The standard InChI is InChI=1S/C27H20N2O4S/c1-3-32-17-10-11-19-21(14-17)34-27(28-19)29-23(16-7-5-4-6-8-16)22-24(30)18-13-15(2)9-12-20(18)33-25(22)26(29)31/h4-14,23H,3H2,1-2H3/t23-/m0/s1. The summed E-state index contributed by atoms with van der Waals surface area (Å²) in [4.78, 5) is 33.7. The van der Waals surface area contributed by atoms with Gasteiger partial charge in [0.05, 0.1) is 33.8 Å². The molecular weight excluding hydrogens is 448 g/mol. The molecule has 0 bridgehead atoms. The maximum Gasteiger partial charge on any atom is 0.297 e. The molecule has 1 amide bonds. The molecule has 0 fully saturated rings. The van der Waals surface area contributed by atoms with E-state index >= 15 is 0 Å². The van der Waals surface area contributed by atoms with Crippen molar-refractivity contribution < 1.29 is 13.9 Å². The lowest BCUT2D eigenvalue weighted by molar-refractivity contribution is 0.0971. The molecule has 3 heterocycles.